The predicted molar refractivity (Wildman–Crippen MR) is 118 cm³/mol. The quantitative estimate of drug-likeness (QED) is 0.711. The smallest absolute Gasteiger partial charge is 0.352 e. The van der Waals surface area contributed by atoms with Crippen LogP contribution in [-0.2, 0) is 16.0 Å². The molecule has 1 amide bonds. The minimum Gasteiger partial charge on any atom is -0.477 e. The first kappa shape index (κ1) is 20.7. The summed E-state index contributed by atoms with van der Waals surface area (Å²) in [4.78, 5) is 25.9. The fourth-order valence-corrected chi connectivity index (χ4v) is 3.93. The topological polar surface area (TPSA) is 97.9 Å². The van der Waals surface area contributed by atoms with Gasteiger partial charge in [0, 0.05) is 25.8 Å². The van der Waals surface area contributed by atoms with Gasteiger partial charge >= 0.3 is 5.97 Å². The molecule has 1 saturated heterocycles. The number of anilines is 1. The molecule has 2 heterocycles. The van der Waals surface area contributed by atoms with Gasteiger partial charge in [0.2, 0.25) is 0 Å². The largest absolute Gasteiger partial charge is 0.477 e. The highest BCUT2D eigenvalue weighted by Gasteiger charge is 2.37. The molecule has 2 aliphatic rings. The number of nitrogens with zero attached hydrogens (tertiary/aromatic N) is 5. The number of carbonyl (C=O) groups is 2. The molecule has 0 bridgehead atoms. The van der Waals surface area contributed by atoms with Gasteiger partial charge in [-0.1, -0.05) is 12.1 Å². The van der Waals surface area contributed by atoms with Gasteiger partial charge in [-0.15, -0.1) is 0 Å². The van der Waals surface area contributed by atoms with Gasteiger partial charge in [0.15, 0.2) is 5.71 Å². The molecule has 1 atom stereocenters. The maximum absolute atomic E-state index is 12.2. The van der Waals surface area contributed by atoms with Gasteiger partial charge in [-0.3, -0.25) is 4.79 Å². The number of hydrogen-bond acceptors (Lipinski definition) is 6. The standard InChI is InChI=1S/C23H25N5O3/c1-27-22(29)20(21(26-27)23(30)31)15-16-5-7-17(8-6-16)24-25-18-9-11-19(12-10-18)28-13-3-2-4-14-28/h5-12,20H,2-4,13-15H2,1H3,(H,30,31). The van der Waals surface area contributed by atoms with Crippen LogP contribution in [0.4, 0.5) is 17.1 Å². The Morgan fingerprint density at radius 2 is 1.58 bits per heavy atom. The number of hydrogen-bond donors (Lipinski definition) is 1. The molecular weight excluding hydrogens is 394 g/mol. The maximum atomic E-state index is 12.2. The lowest BCUT2D eigenvalue weighted by atomic mass is 9.94. The Bertz CT molecular complexity index is 1010. The monoisotopic (exact) mass is 419 g/mol. The molecule has 0 aliphatic carbocycles. The van der Waals surface area contributed by atoms with Crippen LogP contribution in [0.2, 0.25) is 0 Å². The summed E-state index contributed by atoms with van der Waals surface area (Å²) in [7, 11) is 1.47. The number of benzene rings is 2. The minimum atomic E-state index is -1.17. The Labute approximate surface area is 180 Å². The average Bonchev–Trinajstić information content (AvgIpc) is 3.08. The van der Waals surface area contributed by atoms with Crippen LogP contribution in [0.1, 0.15) is 24.8 Å². The van der Waals surface area contributed by atoms with E-state index in [9.17, 15) is 14.7 Å². The van der Waals surface area contributed by atoms with Crippen molar-refractivity contribution in [3.05, 3.63) is 54.1 Å². The third kappa shape index (κ3) is 4.79. The molecular formula is C23H25N5O3. The molecule has 4 rings (SSSR count). The number of rotatable bonds is 6. The summed E-state index contributed by atoms with van der Waals surface area (Å²) in [5, 5.41) is 22.8. The summed E-state index contributed by atoms with van der Waals surface area (Å²) >= 11 is 0. The second-order valence-corrected chi connectivity index (χ2v) is 7.84. The van der Waals surface area contributed by atoms with Crippen LogP contribution in [-0.4, -0.2) is 47.8 Å². The second kappa shape index (κ2) is 9.07. The average molecular weight is 419 g/mol. The van der Waals surface area contributed by atoms with Gasteiger partial charge in [0.1, 0.15) is 0 Å². The van der Waals surface area contributed by atoms with Gasteiger partial charge in [-0.05, 0) is 67.6 Å². The predicted octanol–water partition coefficient (Wildman–Crippen LogP) is 4.16. The van der Waals surface area contributed by atoms with E-state index in [0.29, 0.717) is 5.69 Å². The fraction of sp³-hybridized carbons (Fsp3) is 0.348. The van der Waals surface area contributed by atoms with Crippen molar-refractivity contribution in [2.24, 2.45) is 21.2 Å². The lowest BCUT2D eigenvalue weighted by Crippen LogP contribution is -2.29. The Balaban J connectivity index is 1.38. The zero-order valence-corrected chi connectivity index (χ0v) is 17.4. The molecule has 1 unspecified atom stereocenters. The first-order chi connectivity index (χ1) is 15.0. The van der Waals surface area contributed by atoms with Crippen LogP contribution in [0.15, 0.2) is 63.9 Å². The van der Waals surface area contributed by atoms with Gasteiger partial charge in [0.05, 0.1) is 17.3 Å². The molecule has 1 fully saturated rings. The molecule has 8 heteroatoms. The van der Waals surface area contributed by atoms with Crippen molar-refractivity contribution < 1.29 is 14.7 Å². The molecule has 2 aliphatic heterocycles. The molecule has 0 spiro atoms. The molecule has 0 saturated carbocycles. The normalized spacial score (nSPS) is 19.2. The third-order valence-corrected chi connectivity index (χ3v) is 5.65. The number of piperidine rings is 1. The first-order valence-corrected chi connectivity index (χ1v) is 10.5. The Kier molecular flexibility index (Phi) is 6.06. The van der Waals surface area contributed by atoms with E-state index < -0.39 is 11.9 Å². The highest BCUT2D eigenvalue weighted by Crippen LogP contribution is 2.25. The molecule has 0 aromatic heterocycles. The lowest BCUT2D eigenvalue weighted by molar-refractivity contribution is -0.132. The molecule has 31 heavy (non-hydrogen) atoms. The van der Waals surface area contributed by atoms with Crippen molar-refractivity contribution in [2.45, 2.75) is 25.7 Å². The van der Waals surface area contributed by atoms with Crippen molar-refractivity contribution in [2.75, 3.05) is 25.0 Å². The molecule has 2 aromatic carbocycles. The summed E-state index contributed by atoms with van der Waals surface area (Å²) < 4.78 is 0. The van der Waals surface area contributed by atoms with Crippen molar-refractivity contribution in [1.29, 1.82) is 0 Å². The van der Waals surface area contributed by atoms with Crippen molar-refractivity contribution >= 4 is 34.7 Å². The molecule has 0 radical (unpaired) electrons. The van der Waals surface area contributed by atoms with Gasteiger partial charge in [0.25, 0.3) is 5.91 Å². The Morgan fingerprint density at radius 1 is 1.00 bits per heavy atom. The number of amides is 1. The summed E-state index contributed by atoms with van der Waals surface area (Å²) in [5.74, 6) is -2.25. The van der Waals surface area contributed by atoms with E-state index >= 15 is 0 Å². The number of carbonyl (C=O) groups excluding carboxylic acids is 1. The van der Waals surface area contributed by atoms with Crippen LogP contribution in [0.3, 0.4) is 0 Å². The van der Waals surface area contributed by atoms with Gasteiger partial charge in [-0.2, -0.15) is 15.3 Å². The van der Waals surface area contributed by atoms with E-state index in [1.54, 1.807) is 0 Å². The van der Waals surface area contributed by atoms with E-state index in [-0.39, 0.29) is 18.0 Å². The number of hydrazone groups is 1. The highest BCUT2D eigenvalue weighted by atomic mass is 16.4. The van der Waals surface area contributed by atoms with Crippen LogP contribution in [0.25, 0.3) is 0 Å². The third-order valence-electron chi connectivity index (χ3n) is 5.65. The second-order valence-electron chi connectivity index (χ2n) is 7.84. The summed E-state index contributed by atoms with van der Waals surface area (Å²) in [6.07, 6.45) is 4.08. The fourth-order valence-electron chi connectivity index (χ4n) is 3.93. The van der Waals surface area contributed by atoms with Crippen LogP contribution in [0.5, 0.6) is 0 Å². The number of aliphatic carboxylic acids is 1. The van der Waals surface area contributed by atoms with E-state index in [2.05, 4.69) is 32.4 Å². The van der Waals surface area contributed by atoms with Crippen LogP contribution >= 0.6 is 0 Å². The summed E-state index contributed by atoms with van der Waals surface area (Å²) in [5.41, 5.74) is 3.41. The number of carboxylic acid groups (broad SMARTS) is 1. The van der Waals surface area contributed by atoms with E-state index in [1.807, 2.05) is 36.4 Å². The summed E-state index contributed by atoms with van der Waals surface area (Å²) in [6, 6.07) is 15.4. The van der Waals surface area contributed by atoms with Crippen molar-refractivity contribution in [3.63, 3.8) is 0 Å². The van der Waals surface area contributed by atoms with Crippen molar-refractivity contribution in [1.82, 2.24) is 5.01 Å². The van der Waals surface area contributed by atoms with Crippen molar-refractivity contribution in [3.8, 4) is 0 Å². The van der Waals surface area contributed by atoms with E-state index in [1.165, 1.54) is 32.0 Å². The SMILES string of the molecule is CN1N=C(C(=O)O)C(Cc2ccc(N=Nc3ccc(N4CCCCC4)cc3)cc2)C1=O. The van der Waals surface area contributed by atoms with Gasteiger partial charge in [-0.25, -0.2) is 9.80 Å². The zero-order valence-electron chi connectivity index (χ0n) is 17.4. The van der Waals surface area contributed by atoms with E-state index in [4.69, 9.17) is 0 Å². The van der Waals surface area contributed by atoms with E-state index in [0.717, 1.165) is 29.3 Å². The Hall–Kier alpha value is -3.55. The van der Waals surface area contributed by atoms with Crippen LogP contribution < -0.4 is 4.90 Å². The number of carboxylic acids is 1. The highest BCUT2D eigenvalue weighted by molar-refractivity contribution is 6.41. The zero-order chi connectivity index (χ0) is 21.8. The lowest BCUT2D eigenvalue weighted by Gasteiger charge is -2.28. The first-order valence-electron chi connectivity index (χ1n) is 10.5. The molecule has 160 valence electrons. The van der Waals surface area contributed by atoms with Gasteiger partial charge < -0.3 is 10.0 Å². The maximum Gasteiger partial charge on any atom is 0.352 e. The Morgan fingerprint density at radius 3 is 2.16 bits per heavy atom. The molecule has 2 aromatic rings. The minimum absolute atomic E-state index is 0.121. The number of azo groups is 1. The molecule has 8 nitrogen and oxygen atoms in total. The molecule has 1 N–H and O–H groups in total. The van der Waals surface area contributed by atoms with Crippen LogP contribution in [0, 0.1) is 5.92 Å². The summed E-state index contributed by atoms with van der Waals surface area (Å²) in [6.45, 7) is 2.21.